The Morgan fingerprint density at radius 3 is 3.00 bits per heavy atom. The fourth-order valence-electron chi connectivity index (χ4n) is 2.16. The third-order valence-corrected chi connectivity index (χ3v) is 3.24. The summed E-state index contributed by atoms with van der Waals surface area (Å²) in [6.45, 7) is 1.54. The molecular weight excluding hydrogens is 218 g/mol. The summed E-state index contributed by atoms with van der Waals surface area (Å²) in [4.78, 5) is 18.8. The van der Waals surface area contributed by atoms with Crippen molar-refractivity contribution in [3.63, 3.8) is 0 Å². The van der Waals surface area contributed by atoms with Crippen LogP contribution in [0.4, 0.5) is 5.82 Å². The molecule has 1 atom stereocenters. The summed E-state index contributed by atoms with van der Waals surface area (Å²) in [5, 5.41) is 3.29. The molecule has 5 nitrogen and oxygen atoms in total. The van der Waals surface area contributed by atoms with E-state index in [9.17, 15) is 4.79 Å². The van der Waals surface area contributed by atoms with E-state index < -0.39 is 0 Å². The second-order valence-electron chi connectivity index (χ2n) is 4.85. The highest BCUT2D eigenvalue weighted by atomic mass is 16.5. The molecule has 1 aromatic heterocycles. The quantitative estimate of drug-likeness (QED) is 0.827. The molecule has 0 radical (unpaired) electrons. The standard InChI is InChI=1S/C12H17N3O2/c16-11-6-10(13-9-2-1-5-17-7-9)14-12(15-11)8-3-4-8/h6,8-9H,1-5,7H2,(H2,13,14,15,16). The van der Waals surface area contributed by atoms with Crippen LogP contribution in [0.25, 0.3) is 0 Å². The molecule has 0 spiro atoms. The third-order valence-electron chi connectivity index (χ3n) is 3.24. The van der Waals surface area contributed by atoms with Crippen LogP contribution in [0, 0.1) is 0 Å². The molecule has 92 valence electrons. The second kappa shape index (κ2) is 4.49. The number of hydrogen-bond acceptors (Lipinski definition) is 4. The van der Waals surface area contributed by atoms with Crippen LogP contribution in [0.2, 0.25) is 0 Å². The molecule has 2 N–H and O–H groups in total. The lowest BCUT2D eigenvalue weighted by molar-refractivity contribution is 0.0875. The Labute approximate surface area is 99.6 Å². The SMILES string of the molecule is O=c1cc(NC2CCCOC2)nc(C2CC2)[nH]1. The van der Waals surface area contributed by atoms with Gasteiger partial charge in [0, 0.05) is 18.6 Å². The molecule has 2 heterocycles. The van der Waals surface area contributed by atoms with Crippen molar-refractivity contribution in [2.24, 2.45) is 0 Å². The summed E-state index contributed by atoms with van der Waals surface area (Å²) in [6, 6.07) is 1.81. The zero-order chi connectivity index (χ0) is 11.7. The van der Waals surface area contributed by atoms with Gasteiger partial charge >= 0.3 is 0 Å². The number of rotatable bonds is 3. The molecular formula is C12H17N3O2. The average Bonchev–Trinajstić information content (AvgIpc) is 3.13. The van der Waals surface area contributed by atoms with Gasteiger partial charge in [-0.2, -0.15) is 0 Å². The molecule has 0 aromatic carbocycles. The molecule has 3 rings (SSSR count). The van der Waals surface area contributed by atoms with E-state index in [0.717, 1.165) is 38.1 Å². The minimum absolute atomic E-state index is 0.0684. The Bertz CT molecular complexity index is 447. The van der Waals surface area contributed by atoms with Crippen LogP contribution in [-0.4, -0.2) is 29.2 Å². The Balaban J connectivity index is 1.74. The van der Waals surface area contributed by atoms with Crippen molar-refractivity contribution < 1.29 is 4.74 Å². The van der Waals surface area contributed by atoms with E-state index in [1.807, 2.05) is 0 Å². The van der Waals surface area contributed by atoms with Gasteiger partial charge in [0.25, 0.3) is 5.56 Å². The van der Waals surface area contributed by atoms with E-state index >= 15 is 0 Å². The number of nitrogens with one attached hydrogen (secondary N) is 2. The van der Waals surface area contributed by atoms with Crippen molar-refractivity contribution in [2.75, 3.05) is 18.5 Å². The summed E-state index contributed by atoms with van der Waals surface area (Å²) in [5.74, 6) is 1.98. The molecule has 1 saturated heterocycles. The highest BCUT2D eigenvalue weighted by molar-refractivity contribution is 5.35. The molecule has 1 aliphatic heterocycles. The molecule has 1 aliphatic carbocycles. The molecule has 0 bridgehead atoms. The van der Waals surface area contributed by atoms with E-state index in [-0.39, 0.29) is 11.6 Å². The highest BCUT2D eigenvalue weighted by Crippen LogP contribution is 2.37. The topological polar surface area (TPSA) is 67.0 Å². The average molecular weight is 235 g/mol. The third kappa shape index (κ3) is 2.66. The first kappa shape index (κ1) is 10.8. The zero-order valence-electron chi connectivity index (χ0n) is 9.74. The first-order valence-corrected chi connectivity index (χ1v) is 6.27. The lowest BCUT2D eigenvalue weighted by Crippen LogP contribution is -2.31. The molecule has 1 unspecified atom stereocenters. The van der Waals surface area contributed by atoms with Gasteiger partial charge in [-0.25, -0.2) is 4.98 Å². The Hall–Kier alpha value is -1.36. The number of H-pyrrole nitrogens is 1. The maximum Gasteiger partial charge on any atom is 0.252 e. The molecule has 1 saturated carbocycles. The van der Waals surface area contributed by atoms with Crippen molar-refractivity contribution in [1.29, 1.82) is 0 Å². The second-order valence-corrected chi connectivity index (χ2v) is 4.85. The summed E-state index contributed by atoms with van der Waals surface area (Å²) >= 11 is 0. The Morgan fingerprint density at radius 1 is 1.41 bits per heavy atom. The fourth-order valence-corrected chi connectivity index (χ4v) is 2.16. The van der Waals surface area contributed by atoms with Gasteiger partial charge in [-0.1, -0.05) is 0 Å². The van der Waals surface area contributed by atoms with E-state index in [2.05, 4.69) is 15.3 Å². The van der Waals surface area contributed by atoms with Gasteiger partial charge in [0.2, 0.25) is 0 Å². The minimum Gasteiger partial charge on any atom is -0.379 e. The maximum atomic E-state index is 11.5. The van der Waals surface area contributed by atoms with Crippen LogP contribution >= 0.6 is 0 Å². The lowest BCUT2D eigenvalue weighted by Gasteiger charge is -2.23. The van der Waals surface area contributed by atoms with Gasteiger partial charge < -0.3 is 15.0 Å². The van der Waals surface area contributed by atoms with Gasteiger partial charge in [0.1, 0.15) is 11.6 Å². The van der Waals surface area contributed by atoms with E-state index in [1.54, 1.807) is 0 Å². The van der Waals surface area contributed by atoms with Crippen LogP contribution < -0.4 is 10.9 Å². The number of ether oxygens (including phenoxy) is 1. The number of aromatic nitrogens is 2. The zero-order valence-corrected chi connectivity index (χ0v) is 9.74. The van der Waals surface area contributed by atoms with Gasteiger partial charge in [-0.05, 0) is 25.7 Å². The van der Waals surface area contributed by atoms with Crippen molar-refractivity contribution >= 4 is 5.82 Å². The first-order valence-electron chi connectivity index (χ1n) is 6.27. The maximum absolute atomic E-state index is 11.5. The van der Waals surface area contributed by atoms with Gasteiger partial charge in [0.15, 0.2) is 0 Å². The summed E-state index contributed by atoms with van der Waals surface area (Å²) in [5.41, 5.74) is -0.0684. The predicted molar refractivity (Wildman–Crippen MR) is 64.3 cm³/mol. The number of hydrogen-bond donors (Lipinski definition) is 2. The van der Waals surface area contributed by atoms with E-state index in [1.165, 1.54) is 6.07 Å². The van der Waals surface area contributed by atoms with Crippen molar-refractivity contribution in [1.82, 2.24) is 9.97 Å². The lowest BCUT2D eigenvalue weighted by atomic mass is 10.1. The number of anilines is 1. The minimum atomic E-state index is -0.0684. The summed E-state index contributed by atoms with van der Waals surface area (Å²) in [6.07, 6.45) is 4.42. The molecule has 2 fully saturated rings. The fraction of sp³-hybridized carbons (Fsp3) is 0.667. The van der Waals surface area contributed by atoms with Crippen LogP contribution in [0.15, 0.2) is 10.9 Å². The smallest absolute Gasteiger partial charge is 0.252 e. The molecule has 0 amide bonds. The molecule has 2 aliphatic rings. The van der Waals surface area contributed by atoms with E-state index in [4.69, 9.17) is 4.74 Å². The first-order chi connectivity index (χ1) is 8.31. The summed E-state index contributed by atoms with van der Waals surface area (Å²) in [7, 11) is 0. The van der Waals surface area contributed by atoms with Gasteiger partial charge in [-0.15, -0.1) is 0 Å². The largest absolute Gasteiger partial charge is 0.379 e. The Kier molecular flexibility index (Phi) is 2.84. The van der Waals surface area contributed by atoms with Crippen LogP contribution in [0.3, 0.4) is 0 Å². The molecule has 1 aromatic rings. The van der Waals surface area contributed by atoms with Gasteiger partial charge in [0.05, 0.1) is 12.6 Å². The number of aromatic amines is 1. The molecule has 17 heavy (non-hydrogen) atoms. The van der Waals surface area contributed by atoms with Gasteiger partial charge in [-0.3, -0.25) is 4.79 Å². The van der Waals surface area contributed by atoms with Crippen molar-refractivity contribution in [3.8, 4) is 0 Å². The van der Waals surface area contributed by atoms with Crippen molar-refractivity contribution in [3.05, 3.63) is 22.2 Å². The van der Waals surface area contributed by atoms with Crippen LogP contribution in [0.1, 0.15) is 37.4 Å². The normalized spacial score (nSPS) is 24.6. The monoisotopic (exact) mass is 235 g/mol. The molecule has 5 heteroatoms. The van der Waals surface area contributed by atoms with Crippen LogP contribution in [-0.2, 0) is 4.74 Å². The Morgan fingerprint density at radius 2 is 2.29 bits per heavy atom. The predicted octanol–water partition coefficient (Wildman–Crippen LogP) is 1.24. The van der Waals surface area contributed by atoms with E-state index in [0.29, 0.717) is 18.3 Å². The highest BCUT2D eigenvalue weighted by Gasteiger charge is 2.26. The van der Waals surface area contributed by atoms with Crippen molar-refractivity contribution in [2.45, 2.75) is 37.6 Å². The summed E-state index contributed by atoms with van der Waals surface area (Å²) < 4.78 is 5.40. The van der Waals surface area contributed by atoms with Crippen LogP contribution in [0.5, 0.6) is 0 Å². The number of nitrogens with zero attached hydrogens (tertiary/aromatic N) is 1.